The number of piperazine rings is 1. The van der Waals surface area contributed by atoms with Crippen molar-refractivity contribution < 1.29 is 4.79 Å². The number of hydrogen-bond acceptors (Lipinski definition) is 4. The van der Waals surface area contributed by atoms with Crippen LogP contribution in [-0.2, 0) is 4.79 Å². The van der Waals surface area contributed by atoms with E-state index in [1.165, 1.54) is 0 Å². The summed E-state index contributed by atoms with van der Waals surface area (Å²) in [5, 5.41) is 0. The fourth-order valence-electron chi connectivity index (χ4n) is 3.40. The topological polar surface area (TPSA) is 39.7 Å². The standard InChI is InChI=1S/C17H26N4O/c1-17(16(22)21-12-10-19(2)11-13-21)5-8-20(9-6-17)15-4-3-7-18-14-15/h3-4,7,14H,5-6,8-13H2,1-2H3. The van der Waals surface area contributed by atoms with E-state index in [2.05, 4.69) is 39.7 Å². The van der Waals surface area contributed by atoms with Crippen molar-refractivity contribution >= 4 is 11.6 Å². The number of likely N-dealkylation sites (N-methyl/N-ethyl adjacent to an activating group) is 1. The third-order valence-corrected chi connectivity index (χ3v) is 5.18. The second kappa shape index (κ2) is 6.24. The first-order valence-corrected chi connectivity index (χ1v) is 8.21. The summed E-state index contributed by atoms with van der Waals surface area (Å²) in [4.78, 5) is 23.8. The molecule has 0 radical (unpaired) electrons. The zero-order valence-electron chi connectivity index (χ0n) is 13.7. The van der Waals surface area contributed by atoms with E-state index in [4.69, 9.17) is 0 Å². The average molecular weight is 302 g/mol. The Hall–Kier alpha value is -1.62. The lowest BCUT2D eigenvalue weighted by Crippen LogP contribution is -2.54. The van der Waals surface area contributed by atoms with Gasteiger partial charge in [-0.25, -0.2) is 0 Å². The monoisotopic (exact) mass is 302 g/mol. The lowest BCUT2D eigenvalue weighted by molar-refractivity contribution is -0.144. The maximum Gasteiger partial charge on any atom is 0.228 e. The average Bonchev–Trinajstić information content (AvgIpc) is 2.56. The zero-order chi connectivity index (χ0) is 15.6. The van der Waals surface area contributed by atoms with Gasteiger partial charge in [0.15, 0.2) is 0 Å². The van der Waals surface area contributed by atoms with Crippen LogP contribution in [0.2, 0.25) is 0 Å². The van der Waals surface area contributed by atoms with Crippen LogP contribution in [0.3, 0.4) is 0 Å². The molecule has 2 aliphatic heterocycles. The molecule has 120 valence electrons. The number of hydrogen-bond donors (Lipinski definition) is 0. The van der Waals surface area contributed by atoms with Gasteiger partial charge < -0.3 is 14.7 Å². The van der Waals surface area contributed by atoms with Crippen molar-refractivity contribution in [2.24, 2.45) is 5.41 Å². The fraction of sp³-hybridized carbons (Fsp3) is 0.647. The van der Waals surface area contributed by atoms with Crippen molar-refractivity contribution in [1.29, 1.82) is 0 Å². The first-order chi connectivity index (χ1) is 10.6. The first kappa shape index (κ1) is 15.3. The number of carbonyl (C=O) groups is 1. The Morgan fingerprint density at radius 2 is 1.82 bits per heavy atom. The highest BCUT2D eigenvalue weighted by Gasteiger charge is 2.40. The number of amides is 1. The van der Waals surface area contributed by atoms with Crippen LogP contribution in [0.5, 0.6) is 0 Å². The Balaban J connectivity index is 1.60. The molecule has 0 spiro atoms. The molecule has 0 saturated carbocycles. The third-order valence-electron chi connectivity index (χ3n) is 5.18. The molecular formula is C17H26N4O. The molecule has 2 saturated heterocycles. The molecule has 0 atom stereocenters. The van der Waals surface area contributed by atoms with Gasteiger partial charge in [-0.05, 0) is 32.0 Å². The van der Waals surface area contributed by atoms with Crippen LogP contribution >= 0.6 is 0 Å². The Morgan fingerprint density at radius 1 is 1.14 bits per heavy atom. The van der Waals surface area contributed by atoms with Gasteiger partial charge in [-0.3, -0.25) is 9.78 Å². The molecule has 5 heteroatoms. The Bertz CT molecular complexity index is 503. The molecular weight excluding hydrogens is 276 g/mol. The predicted molar refractivity (Wildman–Crippen MR) is 87.9 cm³/mol. The molecule has 22 heavy (non-hydrogen) atoms. The zero-order valence-corrected chi connectivity index (χ0v) is 13.7. The number of aromatic nitrogens is 1. The maximum absolute atomic E-state index is 12.9. The van der Waals surface area contributed by atoms with Gasteiger partial charge in [0.2, 0.25) is 5.91 Å². The molecule has 0 unspecified atom stereocenters. The largest absolute Gasteiger partial charge is 0.370 e. The van der Waals surface area contributed by atoms with E-state index in [0.29, 0.717) is 5.91 Å². The van der Waals surface area contributed by atoms with Gasteiger partial charge in [0.05, 0.1) is 11.9 Å². The quantitative estimate of drug-likeness (QED) is 0.829. The number of anilines is 1. The van der Waals surface area contributed by atoms with Crippen LogP contribution in [0.25, 0.3) is 0 Å². The van der Waals surface area contributed by atoms with Gasteiger partial charge in [0, 0.05) is 50.9 Å². The van der Waals surface area contributed by atoms with E-state index in [9.17, 15) is 4.79 Å². The fourth-order valence-corrected chi connectivity index (χ4v) is 3.40. The van der Waals surface area contributed by atoms with Crippen molar-refractivity contribution in [3.63, 3.8) is 0 Å². The van der Waals surface area contributed by atoms with E-state index in [1.807, 2.05) is 12.3 Å². The van der Waals surface area contributed by atoms with Crippen molar-refractivity contribution in [2.45, 2.75) is 19.8 Å². The van der Waals surface area contributed by atoms with Gasteiger partial charge >= 0.3 is 0 Å². The Labute approximate surface area is 132 Å². The Kier molecular flexibility index (Phi) is 4.34. The Morgan fingerprint density at radius 3 is 2.41 bits per heavy atom. The van der Waals surface area contributed by atoms with Gasteiger partial charge in [-0.2, -0.15) is 0 Å². The molecule has 1 aromatic rings. The molecule has 2 aliphatic rings. The van der Waals surface area contributed by atoms with Crippen molar-refractivity contribution in [1.82, 2.24) is 14.8 Å². The van der Waals surface area contributed by atoms with Crippen LogP contribution in [0.4, 0.5) is 5.69 Å². The lowest BCUT2D eigenvalue weighted by atomic mass is 9.78. The highest BCUT2D eigenvalue weighted by atomic mass is 16.2. The van der Waals surface area contributed by atoms with E-state index < -0.39 is 0 Å². The van der Waals surface area contributed by atoms with Crippen molar-refractivity contribution in [2.75, 3.05) is 51.2 Å². The van der Waals surface area contributed by atoms with Crippen molar-refractivity contribution in [3.05, 3.63) is 24.5 Å². The summed E-state index contributed by atoms with van der Waals surface area (Å²) in [6.07, 6.45) is 5.56. The minimum atomic E-state index is -0.200. The molecule has 3 rings (SSSR count). The molecule has 0 aromatic carbocycles. The summed E-state index contributed by atoms with van der Waals surface area (Å²) in [6, 6.07) is 4.07. The van der Waals surface area contributed by atoms with E-state index in [1.54, 1.807) is 6.20 Å². The van der Waals surface area contributed by atoms with Crippen LogP contribution in [0.1, 0.15) is 19.8 Å². The van der Waals surface area contributed by atoms with Gasteiger partial charge in [-0.15, -0.1) is 0 Å². The number of nitrogens with zero attached hydrogens (tertiary/aromatic N) is 4. The van der Waals surface area contributed by atoms with Crippen LogP contribution in [0.15, 0.2) is 24.5 Å². The summed E-state index contributed by atoms with van der Waals surface area (Å²) in [5.74, 6) is 0.353. The minimum absolute atomic E-state index is 0.200. The van der Waals surface area contributed by atoms with Gasteiger partial charge in [0.25, 0.3) is 0 Å². The van der Waals surface area contributed by atoms with Crippen LogP contribution in [-0.4, -0.2) is 67.0 Å². The smallest absolute Gasteiger partial charge is 0.228 e. The molecule has 1 amide bonds. The van der Waals surface area contributed by atoms with Crippen LogP contribution < -0.4 is 4.90 Å². The lowest BCUT2D eigenvalue weighted by Gasteiger charge is -2.43. The molecule has 0 N–H and O–H groups in total. The summed E-state index contributed by atoms with van der Waals surface area (Å²) < 4.78 is 0. The summed E-state index contributed by atoms with van der Waals surface area (Å²) >= 11 is 0. The number of pyridine rings is 1. The molecule has 3 heterocycles. The normalized spacial score (nSPS) is 22.6. The molecule has 1 aromatic heterocycles. The molecule has 0 bridgehead atoms. The van der Waals surface area contributed by atoms with E-state index in [-0.39, 0.29) is 5.41 Å². The number of piperidine rings is 1. The summed E-state index contributed by atoms with van der Waals surface area (Å²) in [5.41, 5.74) is 0.964. The number of rotatable bonds is 2. The first-order valence-electron chi connectivity index (χ1n) is 8.21. The second-order valence-electron chi connectivity index (χ2n) is 6.85. The summed E-state index contributed by atoms with van der Waals surface area (Å²) in [6.45, 7) is 7.74. The second-order valence-corrected chi connectivity index (χ2v) is 6.85. The summed E-state index contributed by atoms with van der Waals surface area (Å²) in [7, 11) is 2.12. The van der Waals surface area contributed by atoms with Gasteiger partial charge in [-0.1, -0.05) is 6.92 Å². The van der Waals surface area contributed by atoms with E-state index >= 15 is 0 Å². The maximum atomic E-state index is 12.9. The van der Waals surface area contributed by atoms with E-state index in [0.717, 1.165) is 57.8 Å². The molecule has 2 fully saturated rings. The van der Waals surface area contributed by atoms with Gasteiger partial charge in [0.1, 0.15) is 0 Å². The highest BCUT2D eigenvalue weighted by Crippen LogP contribution is 2.34. The molecule has 0 aliphatic carbocycles. The highest BCUT2D eigenvalue weighted by molar-refractivity contribution is 5.83. The van der Waals surface area contributed by atoms with Crippen LogP contribution in [0, 0.1) is 5.41 Å². The minimum Gasteiger partial charge on any atom is -0.370 e. The number of carbonyl (C=O) groups excluding carboxylic acids is 1. The SMILES string of the molecule is CN1CCN(C(=O)C2(C)CCN(c3cccnc3)CC2)CC1. The molecule has 5 nitrogen and oxygen atoms in total. The van der Waals surface area contributed by atoms with Crippen molar-refractivity contribution in [3.8, 4) is 0 Å². The predicted octanol–water partition coefficient (Wildman–Crippen LogP) is 1.46. The third kappa shape index (κ3) is 3.09.